The zero-order valence-corrected chi connectivity index (χ0v) is 13.9. The Balaban J connectivity index is 2.08. The van der Waals surface area contributed by atoms with Crippen LogP contribution in [0.25, 0.3) is 11.5 Å². The van der Waals surface area contributed by atoms with Crippen molar-refractivity contribution in [1.82, 2.24) is 20.8 Å². The van der Waals surface area contributed by atoms with Gasteiger partial charge in [0.1, 0.15) is 0 Å². The highest BCUT2D eigenvalue weighted by molar-refractivity contribution is 5.99. The highest BCUT2D eigenvalue weighted by Crippen LogP contribution is 2.23. The van der Waals surface area contributed by atoms with Crippen LogP contribution in [-0.2, 0) is 0 Å². The van der Waals surface area contributed by atoms with Crippen LogP contribution < -0.4 is 10.6 Å². The Morgan fingerprint density at radius 2 is 2.00 bits per heavy atom. The number of hydrogen-bond acceptors (Lipinski definition) is 5. The fourth-order valence-corrected chi connectivity index (χ4v) is 2.11. The van der Waals surface area contributed by atoms with Crippen LogP contribution in [0.1, 0.15) is 49.3 Å². The molecule has 0 bridgehead atoms. The van der Waals surface area contributed by atoms with Crippen LogP contribution in [0.2, 0.25) is 0 Å². The molecule has 0 aliphatic carbocycles. The number of nitrogens with zero attached hydrogens (tertiary/aromatic N) is 2. The van der Waals surface area contributed by atoms with Gasteiger partial charge in [0, 0.05) is 19.0 Å². The second-order valence-electron chi connectivity index (χ2n) is 5.66. The number of carbonyl (C=O) groups excluding carboxylic acids is 1. The minimum atomic E-state index is -0.136. The monoisotopic (exact) mass is 316 g/mol. The van der Waals surface area contributed by atoms with Crippen LogP contribution in [0.3, 0.4) is 0 Å². The zero-order chi connectivity index (χ0) is 16.7. The Labute approximate surface area is 136 Å². The van der Waals surface area contributed by atoms with Gasteiger partial charge in [-0.05, 0) is 25.1 Å². The lowest BCUT2D eigenvalue weighted by Crippen LogP contribution is -2.32. The molecule has 0 aliphatic rings. The molecule has 6 nitrogen and oxygen atoms in total. The molecule has 1 heterocycles. The number of carbonyl (C=O) groups is 1. The first-order chi connectivity index (χ1) is 11.1. The van der Waals surface area contributed by atoms with Crippen molar-refractivity contribution >= 4 is 5.91 Å². The van der Waals surface area contributed by atoms with Gasteiger partial charge in [0.2, 0.25) is 0 Å². The molecule has 0 saturated carbocycles. The normalized spacial score (nSPS) is 11.0. The van der Waals surface area contributed by atoms with Crippen LogP contribution in [0.5, 0.6) is 0 Å². The van der Waals surface area contributed by atoms with Gasteiger partial charge in [0.15, 0.2) is 5.82 Å². The first-order valence-electron chi connectivity index (χ1n) is 8.05. The Morgan fingerprint density at radius 1 is 1.22 bits per heavy atom. The number of aromatic nitrogens is 2. The largest absolute Gasteiger partial charge is 0.351 e. The number of rotatable bonds is 8. The molecule has 2 aromatic rings. The van der Waals surface area contributed by atoms with Crippen molar-refractivity contribution in [1.29, 1.82) is 0 Å². The second kappa shape index (κ2) is 8.43. The van der Waals surface area contributed by atoms with Crippen molar-refractivity contribution in [2.45, 2.75) is 33.1 Å². The van der Waals surface area contributed by atoms with E-state index < -0.39 is 0 Å². The van der Waals surface area contributed by atoms with Crippen molar-refractivity contribution in [2.24, 2.45) is 0 Å². The van der Waals surface area contributed by atoms with Gasteiger partial charge in [-0.2, -0.15) is 4.98 Å². The van der Waals surface area contributed by atoms with Crippen LogP contribution in [-0.4, -0.2) is 35.7 Å². The van der Waals surface area contributed by atoms with Crippen molar-refractivity contribution in [3.8, 4) is 11.5 Å². The van der Waals surface area contributed by atoms with Crippen LogP contribution in [0.15, 0.2) is 28.8 Å². The quantitative estimate of drug-likeness (QED) is 0.732. The lowest BCUT2D eigenvalue weighted by Gasteiger charge is -2.08. The summed E-state index contributed by atoms with van der Waals surface area (Å²) in [6.45, 7) is 8.38. The maximum absolute atomic E-state index is 12.4. The molecule has 23 heavy (non-hydrogen) atoms. The van der Waals surface area contributed by atoms with Crippen molar-refractivity contribution in [2.75, 3.05) is 19.6 Å². The van der Waals surface area contributed by atoms with E-state index in [4.69, 9.17) is 4.52 Å². The standard InChI is InChI=1S/C17H24N4O2/c1-4-9-18-10-11-19-16(22)13-7-5-6-8-14(13)17-20-15(12(2)3)21-23-17/h5-8,12,18H,4,9-11H2,1-3H3,(H,19,22). The van der Waals surface area contributed by atoms with E-state index in [1.54, 1.807) is 6.07 Å². The fraction of sp³-hybridized carbons (Fsp3) is 0.471. The molecular weight excluding hydrogens is 292 g/mol. The molecule has 0 unspecified atom stereocenters. The highest BCUT2D eigenvalue weighted by Gasteiger charge is 2.18. The lowest BCUT2D eigenvalue weighted by atomic mass is 10.1. The van der Waals surface area contributed by atoms with Gasteiger partial charge < -0.3 is 15.2 Å². The van der Waals surface area contributed by atoms with Gasteiger partial charge in [-0.25, -0.2) is 0 Å². The molecule has 2 rings (SSSR count). The van der Waals surface area contributed by atoms with Crippen molar-refractivity contribution in [3.05, 3.63) is 35.7 Å². The summed E-state index contributed by atoms with van der Waals surface area (Å²) in [6.07, 6.45) is 1.08. The van der Waals surface area contributed by atoms with E-state index in [2.05, 4.69) is 27.7 Å². The number of nitrogens with one attached hydrogen (secondary N) is 2. The number of benzene rings is 1. The van der Waals surface area contributed by atoms with E-state index in [0.717, 1.165) is 19.5 Å². The summed E-state index contributed by atoms with van der Waals surface area (Å²) in [7, 11) is 0. The summed E-state index contributed by atoms with van der Waals surface area (Å²) < 4.78 is 5.31. The molecule has 0 radical (unpaired) electrons. The van der Waals surface area contributed by atoms with Gasteiger partial charge in [0.25, 0.3) is 11.8 Å². The molecular formula is C17H24N4O2. The first kappa shape index (κ1) is 17.1. The van der Waals surface area contributed by atoms with Gasteiger partial charge in [0.05, 0.1) is 11.1 Å². The zero-order valence-electron chi connectivity index (χ0n) is 13.9. The number of hydrogen-bond donors (Lipinski definition) is 2. The van der Waals surface area contributed by atoms with E-state index >= 15 is 0 Å². The molecule has 0 fully saturated rings. The molecule has 1 aromatic carbocycles. The predicted octanol–water partition coefficient (Wildman–Crippen LogP) is 2.59. The molecule has 6 heteroatoms. The maximum atomic E-state index is 12.4. The summed E-state index contributed by atoms with van der Waals surface area (Å²) in [4.78, 5) is 16.8. The van der Waals surface area contributed by atoms with Gasteiger partial charge in [-0.1, -0.05) is 38.1 Å². The maximum Gasteiger partial charge on any atom is 0.258 e. The fourth-order valence-electron chi connectivity index (χ4n) is 2.11. The Kier molecular flexibility index (Phi) is 6.29. The average molecular weight is 316 g/mol. The van der Waals surface area contributed by atoms with Crippen LogP contribution in [0.4, 0.5) is 0 Å². The first-order valence-corrected chi connectivity index (χ1v) is 8.05. The summed E-state index contributed by atoms with van der Waals surface area (Å²) in [5.41, 5.74) is 1.20. The lowest BCUT2D eigenvalue weighted by molar-refractivity contribution is 0.0954. The minimum Gasteiger partial charge on any atom is -0.351 e. The highest BCUT2D eigenvalue weighted by atomic mass is 16.5. The van der Waals surface area contributed by atoms with Gasteiger partial charge in [-0.3, -0.25) is 4.79 Å². The summed E-state index contributed by atoms with van der Waals surface area (Å²) in [5.74, 6) is 1.06. The van der Waals surface area contributed by atoms with Crippen LogP contribution in [0, 0.1) is 0 Å². The molecule has 0 atom stereocenters. The third-order valence-electron chi connectivity index (χ3n) is 3.37. The Bertz CT molecular complexity index is 637. The molecule has 1 aromatic heterocycles. The van der Waals surface area contributed by atoms with Gasteiger partial charge in [-0.15, -0.1) is 0 Å². The predicted molar refractivity (Wildman–Crippen MR) is 89.3 cm³/mol. The SMILES string of the molecule is CCCNCCNC(=O)c1ccccc1-c1nc(C(C)C)no1. The minimum absolute atomic E-state index is 0.136. The van der Waals surface area contributed by atoms with Crippen molar-refractivity contribution in [3.63, 3.8) is 0 Å². The van der Waals surface area contributed by atoms with E-state index in [1.165, 1.54) is 0 Å². The topological polar surface area (TPSA) is 80.0 Å². The summed E-state index contributed by atoms with van der Waals surface area (Å²) in [5, 5.41) is 10.1. The molecule has 1 amide bonds. The van der Waals surface area contributed by atoms with E-state index in [-0.39, 0.29) is 11.8 Å². The summed E-state index contributed by atoms with van der Waals surface area (Å²) >= 11 is 0. The molecule has 2 N–H and O–H groups in total. The van der Waals surface area contributed by atoms with Crippen molar-refractivity contribution < 1.29 is 9.32 Å². The third-order valence-corrected chi connectivity index (χ3v) is 3.37. The Hall–Kier alpha value is -2.21. The summed E-state index contributed by atoms with van der Waals surface area (Å²) in [6, 6.07) is 7.27. The molecule has 0 aliphatic heterocycles. The van der Waals surface area contributed by atoms with Crippen LogP contribution >= 0.6 is 0 Å². The molecule has 0 spiro atoms. The van der Waals surface area contributed by atoms with E-state index in [9.17, 15) is 4.79 Å². The Morgan fingerprint density at radius 3 is 2.70 bits per heavy atom. The van der Waals surface area contributed by atoms with E-state index in [0.29, 0.717) is 29.4 Å². The average Bonchev–Trinajstić information content (AvgIpc) is 3.04. The van der Waals surface area contributed by atoms with E-state index in [1.807, 2.05) is 32.0 Å². The molecule has 124 valence electrons. The number of amides is 1. The second-order valence-corrected chi connectivity index (χ2v) is 5.66. The molecule has 0 saturated heterocycles. The smallest absolute Gasteiger partial charge is 0.258 e. The third kappa shape index (κ3) is 4.63. The van der Waals surface area contributed by atoms with Gasteiger partial charge >= 0.3 is 0 Å².